The highest BCUT2D eigenvalue weighted by molar-refractivity contribution is 6.07. The Labute approximate surface area is 163 Å². The number of aromatic nitrogens is 2. The highest BCUT2D eigenvalue weighted by atomic mass is 16.2. The number of carbonyl (C=O) groups is 3. The molecule has 3 atom stereocenters. The number of imide groups is 1. The fraction of sp³-hybridized carbons (Fsp3) is 0.333. The number of fused-ring (bicyclic) bond motifs is 1. The van der Waals surface area contributed by atoms with Gasteiger partial charge in [0.25, 0.3) is 0 Å². The van der Waals surface area contributed by atoms with Gasteiger partial charge in [-0.15, -0.1) is 0 Å². The van der Waals surface area contributed by atoms with Crippen LogP contribution in [-0.4, -0.2) is 38.7 Å². The Bertz CT molecular complexity index is 908. The lowest BCUT2D eigenvalue weighted by Gasteiger charge is -2.21. The van der Waals surface area contributed by atoms with Crippen LogP contribution >= 0.6 is 0 Å². The van der Waals surface area contributed by atoms with Gasteiger partial charge in [-0.25, -0.2) is 4.98 Å². The SMILES string of the molecule is Cn1ccnc1[C@H](NC(=O)CN1C(=O)[C@H]2CC=CC[C@H]2C1=O)c1ccccc1. The average molecular weight is 378 g/mol. The van der Waals surface area contributed by atoms with Crippen molar-refractivity contribution in [2.75, 3.05) is 6.54 Å². The number of hydrogen-bond donors (Lipinski definition) is 1. The normalized spacial score (nSPS) is 22.2. The van der Waals surface area contributed by atoms with Gasteiger partial charge >= 0.3 is 0 Å². The molecule has 7 heteroatoms. The molecule has 1 aliphatic carbocycles. The fourth-order valence-corrected chi connectivity index (χ4v) is 3.97. The van der Waals surface area contributed by atoms with Crippen molar-refractivity contribution in [1.82, 2.24) is 19.8 Å². The second kappa shape index (κ2) is 7.42. The van der Waals surface area contributed by atoms with Crippen molar-refractivity contribution in [3.8, 4) is 0 Å². The first-order chi connectivity index (χ1) is 13.6. The standard InChI is InChI=1S/C21H22N4O3/c1-24-12-11-22-19(24)18(14-7-3-2-4-8-14)23-17(26)13-25-20(27)15-9-5-6-10-16(15)21(25)28/h2-8,11-12,15-16,18H,9-10,13H2,1H3,(H,23,26)/t15-,16+,18-/m1/s1. The number of amides is 3. The number of likely N-dealkylation sites (tertiary alicyclic amines) is 1. The van der Waals surface area contributed by atoms with Gasteiger partial charge in [0, 0.05) is 19.4 Å². The molecular formula is C21H22N4O3. The van der Waals surface area contributed by atoms with Gasteiger partial charge in [-0.1, -0.05) is 42.5 Å². The third kappa shape index (κ3) is 3.24. The molecule has 0 spiro atoms. The molecule has 0 unspecified atom stereocenters. The van der Waals surface area contributed by atoms with E-state index in [0.717, 1.165) is 10.5 Å². The topological polar surface area (TPSA) is 84.3 Å². The lowest BCUT2D eigenvalue weighted by atomic mass is 9.85. The third-order valence-electron chi connectivity index (χ3n) is 5.46. The van der Waals surface area contributed by atoms with E-state index in [0.29, 0.717) is 18.7 Å². The Morgan fingerprint density at radius 3 is 2.36 bits per heavy atom. The summed E-state index contributed by atoms with van der Waals surface area (Å²) in [7, 11) is 1.86. The molecule has 7 nitrogen and oxygen atoms in total. The van der Waals surface area contributed by atoms with Gasteiger partial charge in [0.1, 0.15) is 18.4 Å². The number of aryl methyl sites for hydroxylation is 1. The van der Waals surface area contributed by atoms with Crippen molar-refractivity contribution in [2.24, 2.45) is 18.9 Å². The number of hydrogen-bond acceptors (Lipinski definition) is 4. The summed E-state index contributed by atoms with van der Waals surface area (Å²) in [5.41, 5.74) is 0.877. The molecule has 1 fully saturated rings. The third-order valence-corrected chi connectivity index (χ3v) is 5.46. The van der Waals surface area contributed by atoms with E-state index in [1.54, 1.807) is 6.20 Å². The summed E-state index contributed by atoms with van der Waals surface area (Å²) >= 11 is 0. The van der Waals surface area contributed by atoms with Crippen molar-refractivity contribution in [3.63, 3.8) is 0 Å². The molecule has 0 saturated carbocycles. The predicted molar refractivity (Wildman–Crippen MR) is 102 cm³/mol. The number of nitrogens with one attached hydrogen (secondary N) is 1. The number of rotatable bonds is 5. The lowest BCUT2D eigenvalue weighted by Crippen LogP contribution is -2.42. The smallest absolute Gasteiger partial charge is 0.241 e. The van der Waals surface area contributed by atoms with Crippen LogP contribution in [0.2, 0.25) is 0 Å². The van der Waals surface area contributed by atoms with Crippen molar-refractivity contribution in [1.29, 1.82) is 0 Å². The zero-order valence-electron chi connectivity index (χ0n) is 15.6. The van der Waals surface area contributed by atoms with E-state index < -0.39 is 6.04 Å². The van der Waals surface area contributed by atoms with Gasteiger partial charge < -0.3 is 9.88 Å². The van der Waals surface area contributed by atoms with Crippen LogP contribution < -0.4 is 5.32 Å². The van der Waals surface area contributed by atoms with Crippen LogP contribution in [0.5, 0.6) is 0 Å². The summed E-state index contributed by atoms with van der Waals surface area (Å²) < 4.78 is 1.84. The summed E-state index contributed by atoms with van der Waals surface area (Å²) in [5.74, 6) is -0.860. The van der Waals surface area contributed by atoms with Crippen LogP contribution in [0.4, 0.5) is 0 Å². The van der Waals surface area contributed by atoms with Gasteiger partial charge in [0.15, 0.2) is 0 Å². The highest BCUT2D eigenvalue weighted by Crippen LogP contribution is 2.34. The Morgan fingerprint density at radius 1 is 1.14 bits per heavy atom. The summed E-state index contributed by atoms with van der Waals surface area (Å²) in [5, 5.41) is 2.94. The second-order valence-electron chi connectivity index (χ2n) is 7.23. The van der Waals surface area contributed by atoms with Gasteiger partial charge in [0.2, 0.25) is 17.7 Å². The van der Waals surface area contributed by atoms with Crippen LogP contribution in [0, 0.1) is 11.8 Å². The molecule has 144 valence electrons. The molecule has 1 aromatic heterocycles. The van der Waals surface area contributed by atoms with Gasteiger partial charge in [-0.3, -0.25) is 19.3 Å². The Hall–Kier alpha value is -3.22. The summed E-state index contributed by atoms with van der Waals surface area (Å²) in [4.78, 5) is 43.4. The van der Waals surface area contributed by atoms with Crippen LogP contribution in [0.1, 0.15) is 30.3 Å². The molecule has 2 aromatic rings. The summed E-state index contributed by atoms with van der Waals surface area (Å²) in [6.45, 7) is -0.265. The number of carbonyl (C=O) groups excluding carboxylic acids is 3. The molecule has 3 amide bonds. The zero-order chi connectivity index (χ0) is 19.7. The first kappa shape index (κ1) is 18.2. The summed E-state index contributed by atoms with van der Waals surface area (Å²) in [6, 6.07) is 9.03. The molecule has 1 aromatic carbocycles. The van der Waals surface area contributed by atoms with Crippen molar-refractivity contribution in [3.05, 3.63) is 66.3 Å². The quantitative estimate of drug-likeness (QED) is 0.632. The molecule has 1 N–H and O–H groups in total. The second-order valence-corrected chi connectivity index (χ2v) is 7.23. The first-order valence-corrected chi connectivity index (χ1v) is 9.38. The average Bonchev–Trinajstić information content (AvgIpc) is 3.24. The van der Waals surface area contributed by atoms with Crippen LogP contribution in [-0.2, 0) is 21.4 Å². The molecule has 1 aliphatic heterocycles. The minimum Gasteiger partial charge on any atom is -0.341 e. The molecule has 1 saturated heterocycles. The number of imidazole rings is 1. The maximum atomic E-state index is 12.8. The molecule has 4 rings (SSSR count). The van der Waals surface area contributed by atoms with Crippen molar-refractivity contribution in [2.45, 2.75) is 18.9 Å². The Morgan fingerprint density at radius 2 is 1.79 bits per heavy atom. The van der Waals surface area contributed by atoms with Crippen molar-refractivity contribution < 1.29 is 14.4 Å². The first-order valence-electron chi connectivity index (χ1n) is 9.38. The molecular weight excluding hydrogens is 356 g/mol. The van der Waals surface area contributed by atoms with E-state index in [-0.39, 0.29) is 36.1 Å². The van der Waals surface area contributed by atoms with E-state index in [1.807, 2.05) is 60.3 Å². The number of benzene rings is 1. The monoisotopic (exact) mass is 378 g/mol. The Kier molecular flexibility index (Phi) is 4.81. The van der Waals surface area contributed by atoms with E-state index in [2.05, 4.69) is 10.3 Å². The van der Waals surface area contributed by atoms with Gasteiger partial charge in [-0.2, -0.15) is 0 Å². The number of nitrogens with zero attached hydrogens (tertiary/aromatic N) is 3. The predicted octanol–water partition coefficient (Wildman–Crippen LogP) is 1.58. The Balaban J connectivity index is 1.52. The molecule has 0 bridgehead atoms. The summed E-state index contributed by atoms with van der Waals surface area (Å²) in [6.07, 6.45) is 8.47. The van der Waals surface area contributed by atoms with Gasteiger partial charge in [-0.05, 0) is 18.4 Å². The minimum atomic E-state index is -0.467. The molecule has 2 aliphatic rings. The highest BCUT2D eigenvalue weighted by Gasteiger charge is 2.47. The van der Waals surface area contributed by atoms with Crippen LogP contribution in [0.3, 0.4) is 0 Å². The van der Waals surface area contributed by atoms with Crippen molar-refractivity contribution >= 4 is 17.7 Å². The van der Waals surface area contributed by atoms with Crippen LogP contribution in [0.25, 0.3) is 0 Å². The molecule has 28 heavy (non-hydrogen) atoms. The maximum Gasteiger partial charge on any atom is 0.241 e. The van der Waals surface area contributed by atoms with E-state index in [9.17, 15) is 14.4 Å². The largest absolute Gasteiger partial charge is 0.341 e. The number of allylic oxidation sites excluding steroid dienone is 2. The van der Waals surface area contributed by atoms with Gasteiger partial charge in [0.05, 0.1) is 11.8 Å². The lowest BCUT2D eigenvalue weighted by molar-refractivity contribution is -0.143. The molecule has 2 heterocycles. The van der Waals surface area contributed by atoms with E-state index >= 15 is 0 Å². The fourth-order valence-electron chi connectivity index (χ4n) is 3.97. The minimum absolute atomic E-state index is 0.247. The zero-order valence-corrected chi connectivity index (χ0v) is 15.6. The molecule has 0 radical (unpaired) electrons. The van der Waals surface area contributed by atoms with E-state index in [1.165, 1.54) is 0 Å². The van der Waals surface area contributed by atoms with Crippen LogP contribution in [0.15, 0.2) is 54.9 Å². The maximum absolute atomic E-state index is 12.8. The van der Waals surface area contributed by atoms with E-state index in [4.69, 9.17) is 0 Å².